The van der Waals surface area contributed by atoms with Crippen molar-refractivity contribution >= 4 is 16.9 Å². The van der Waals surface area contributed by atoms with Gasteiger partial charge in [-0.1, -0.05) is 31.9 Å². The van der Waals surface area contributed by atoms with E-state index in [9.17, 15) is 14.7 Å². The molecule has 5 nitrogen and oxygen atoms in total. The van der Waals surface area contributed by atoms with Crippen LogP contribution < -0.4 is 10.2 Å². The average Bonchev–Trinajstić information content (AvgIpc) is 2.63. The second-order valence-electron chi connectivity index (χ2n) is 6.11. The molecule has 0 fully saturated rings. The molecule has 0 aliphatic carbocycles. The number of rotatable bonds is 6. The van der Waals surface area contributed by atoms with E-state index in [1.807, 2.05) is 0 Å². The zero-order chi connectivity index (χ0) is 18.5. The highest BCUT2D eigenvalue weighted by Gasteiger charge is 2.11. The van der Waals surface area contributed by atoms with E-state index in [-0.39, 0.29) is 17.1 Å². The number of hydrogen-bond acceptors (Lipinski definition) is 5. The molecule has 3 rings (SSSR count). The van der Waals surface area contributed by atoms with Gasteiger partial charge < -0.3 is 14.3 Å². The highest BCUT2D eigenvalue weighted by Crippen LogP contribution is 2.24. The Kier molecular flexibility index (Phi) is 5.37. The highest BCUT2D eigenvalue weighted by molar-refractivity contribution is 5.82. The van der Waals surface area contributed by atoms with Gasteiger partial charge in [0.1, 0.15) is 23.3 Å². The fraction of sp³-hybridized carbons (Fsp3) is 0.238. The SMILES string of the molecule is CCCCCC(=O)Oc1ccc(-c2coc3cc(O)ccc3c2=O)cc1. The molecule has 26 heavy (non-hydrogen) atoms. The number of aromatic hydroxyl groups is 1. The van der Waals surface area contributed by atoms with Gasteiger partial charge in [-0.05, 0) is 36.2 Å². The van der Waals surface area contributed by atoms with Crippen molar-refractivity contribution < 1.29 is 19.1 Å². The molecule has 0 saturated carbocycles. The van der Waals surface area contributed by atoms with Gasteiger partial charge in [0.05, 0.1) is 10.9 Å². The van der Waals surface area contributed by atoms with Crippen molar-refractivity contribution in [1.82, 2.24) is 0 Å². The molecule has 0 bridgehead atoms. The fourth-order valence-corrected chi connectivity index (χ4v) is 2.72. The lowest BCUT2D eigenvalue weighted by molar-refractivity contribution is -0.134. The van der Waals surface area contributed by atoms with E-state index in [2.05, 4.69) is 6.92 Å². The maximum Gasteiger partial charge on any atom is 0.311 e. The molecule has 0 saturated heterocycles. The van der Waals surface area contributed by atoms with Gasteiger partial charge in [0, 0.05) is 12.5 Å². The molecule has 0 atom stereocenters. The predicted molar refractivity (Wildman–Crippen MR) is 99.4 cm³/mol. The number of esters is 1. The maximum absolute atomic E-state index is 12.6. The van der Waals surface area contributed by atoms with Crippen LogP contribution in [0.3, 0.4) is 0 Å². The van der Waals surface area contributed by atoms with Gasteiger partial charge in [-0.25, -0.2) is 0 Å². The Balaban J connectivity index is 1.79. The van der Waals surface area contributed by atoms with Crippen LogP contribution in [0.1, 0.15) is 32.6 Å². The summed E-state index contributed by atoms with van der Waals surface area (Å²) in [6.07, 6.45) is 4.65. The van der Waals surface area contributed by atoms with E-state index in [4.69, 9.17) is 9.15 Å². The van der Waals surface area contributed by atoms with Crippen LogP contribution >= 0.6 is 0 Å². The Bertz CT molecular complexity index is 970. The van der Waals surface area contributed by atoms with Gasteiger partial charge in [0.2, 0.25) is 0 Å². The number of fused-ring (bicyclic) bond motifs is 1. The zero-order valence-corrected chi connectivity index (χ0v) is 14.5. The van der Waals surface area contributed by atoms with Gasteiger partial charge in [-0.2, -0.15) is 0 Å². The predicted octanol–water partition coefficient (Wildman–Crippen LogP) is 4.65. The van der Waals surface area contributed by atoms with Crippen LogP contribution in [0.2, 0.25) is 0 Å². The first-order valence-electron chi connectivity index (χ1n) is 8.64. The summed E-state index contributed by atoms with van der Waals surface area (Å²) in [6, 6.07) is 11.1. The molecule has 134 valence electrons. The van der Waals surface area contributed by atoms with Gasteiger partial charge in [0.25, 0.3) is 0 Å². The Morgan fingerprint density at radius 1 is 1.12 bits per heavy atom. The summed E-state index contributed by atoms with van der Waals surface area (Å²) >= 11 is 0. The van der Waals surface area contributed by atoms with Crippen molar-refractivity contribution in [3.05, 3.63) is 59.0 Å². The molecule has 0 aliphatic heterocycles. The van der Waals surface area contributed by atoms with Crippen molar-refractivity contribution in [3.63, 3.8) is 0 Å². The first-order valence-corrected chi connectivity index (χ1v) is 8.64. The van der Waals surface area contributed by atoms with Gasteiger partial charge in [-0.3, -0.25) is 9.59 Å². The molecule has 0 aliphatic rings. The Labute approximate surface area is 150 Å². The lowest BCUT2D eigenvalue weighted by Gasteiger charge is -2.06. The quantitative estimate of drug-likeness (QED) is 0.397. The van der Waals surface area contributed by atoms with E-state index in [1.165, 1.54) is 24.5 Å². The first kappa shape index (κ1) is 17.7. The minimum Gasteiger partial charge on any atom is -0.508 e. The Morgan fingerprint density at radius 2 is 1.88 bits per heavy atom. The highest BCUT2D eigenvalue weighted by atomic mass is 16.5. The van der Waals surface area contributed by atoms with Gasteiger partial charge in [0.15, 0.2) is 5.43 Å². The van der Waals surface area contributed by atoms with Crippen molar-refractivity contribution in [2.24, 2.45) is 0 Å². The standard InChI is InChI=1S/C21H20O5/c1-2-3-4-5-20(23)26-16-9-6-14(7-10-16)18-13-25-19-12-15(22)8-11-17(19)21(18)24/h6-13,22H,2-5H2,1H3. The third-order valence-electron chi connectivity index (χ3n) is 4.14. The van der Waals surface area contributed by atoms with Gasteiger partial charge >= 0.3 is 5.97 Å². The first-order chi connectivity index (χ1) is 12.6. The lowest BCUT2D eigenvalue weighted by atomic mass is 10.1. The maximum atomic E-state index is 12.6. The molecule has 2 aromatic carbocycles. The van der Waals surface area contributed by atoms with Crippen molar-refractivity contribution in [2.45, 2.75) is 32.6 Å². The van der Waals surface area contributed by atoms with E-state index in [0.29, 0.717) is 34.3 Å². The van der Waals surface area contributed by atoms with E-state index >= 15 is 0 Å². The lowest BCUT2D eigenvalue weighted by Crippen LogP contribution is -2.07. The fourth-order valence-electron chi connectivity index (χ4n) is 2.72. The third-order valence-corrected chi connectivity index (χ3v) is 4.14. The Hall–Kier alpha value is -3.08. The Morgan fingerprint density at radius 3 is 2.62 bits per heavy atom. The topological polar surface area (TPSA) is 76.7 Å². The van der Waals surface area contributed by atoms with E-state index in [0.717, 1.165) is 19.3 Å². The van der Waals surface area contributed by atoms with Crippen molar-refractivity contribution in [1.29, 1.82) is 0 Å². The smallest absolute Gasteiger partial charge is 0.311 e. The molecule has 1 N–H and O–H groups in total. The summed E-state index contributed by atoms with van der Waals surface area (Å²) in [5.41, 5.74) is 1.22. The monoisotopic (exact) mass is 352 g/mol. The van der Waals surface area contributed by atoms with Gasteiger partial charge in [-0.15, -0.1) is 0 Å². The molecular weight excluding hydrogens is 332 g/mol. The van der Waals surface area contributed by atoms with E-state index in [1.54, 1.807) is 24.3 Å². The molecular formula is C21H20O5. The largest absolute Gasteiger partial charge is 0.508 e. The molecule has 0 spiro atoms. The molecule has 0 unspecified atom stereocenters. The average molecular weight is 352 g/mol. The number of benzene rings is 2. The number of carbonyl (C=O) groups excluding carboxylic acids is 1. The zero-order valence-electron chi connectivity index (χ0n) is 14.5. The number of phenolic OH excluding ortho intramolecular Hbond substituents is 1. The number of phenols is 1. The summed E-state index contributed by atoms with van der Waals surface area (Å²) in [5.74, 6) is 0.236. The third kappa shape index (κ3) is 3.94. The van der Waals surface area contributed by atoms with Crippen LogP contribution in [0.5, 0.6) is 11.5 Å². The molecule has 0 radical (unpaired) electrons. The molecule has 1 aromatic heterocycles. The minimum absolute atomic E-state index is 0.0403. The molecule has 3 aromatic rings. The second-order valence-corrected chi connectivity index (χ2v) is 6.11. The van der Waals surface area contributed by atoms with Crippen LogP contribution in [0.25, 0.3) is 22.1 Å². The van der Waals surface area contributed by atoms with E-state index < -0.39 is 0 Å². The van der Waals surface area contributed by atoms with Crippen LogP contribution in [-0.4, -0.2) is 11.1 Å². The minimum atomic E-state index is -0.253. The number of ether oxygens (including phenoxy) is 1. The summed E-state index contributed by atoms with van der Waals surface area (Å²) < 4.78 is 10.8. The van der Waals surface area contributed by atoms with Crippen LogP contribution in [0.4, 0.5) is 0 Å². The molecule has 0 amide bonds. The van der Waals surface area contributed by atoms with Crippen molar-refractivity contribution in [2.75, 3.05) is 0 Å². The van der Waals surface area contributed by atoms with Crippen LogP contribution in [0.15, 0.2) is 57.9 Å². The number of hydrogen-bond donors (Lipinski definition) is 1. The molecule has 5 heteroatoms. The number of carbonyl (C=O) groups is 1. The summed E-state index contributed by atoms with van der Waals surface area (Å²) in [7, 11) is 0. The summed E-state index contributed by atoms with van der Waals surface area (Å²) in [6.45, 7) is 2.08. The normalized spacial score (nSPS) is 10.8. The number of unbranched alkanes of at least 4 members (excludes halogenated alkanes) is 2. The summed E-state index contributed by atoms with van der Waals surface area (Å²) in [5, 5.41) is 9.87. The second kappa shape index (κ2) is 7.87. The summed E-state index contributed by atoms with van der Waals surface area (Å²) in [4.78, 5) is 24.4. The van der Waals surface area contributed by atoms with Crippen LogP contribution in [0, 0.1) is 0 Å². The van der Waals surface area contributed by atoms with Crippen molar-refractivity contribution in [3.8, 4) is 22.6 Å². The molecule has 1 heterocycles. The van der Waals surface area contributed by atoms with Crippen LogP contribution in [-0.2, 0) is 4.79 Å².